The third-order valence-electron chi connectivity index (χ3n) is 6.30. The third kappa shape index (κ3) is 5.21. The number of fused-ring (bicyclic) bond motifs is 1. The quantitative estimate of drug-likeness (QED) is 0.427. The van der Waals surface area contributed by atoms with E-state index in [-0.39, 0.29) is 11.8 Å². The van der Waals surface area contributed by atoms with Crippen LogP contribution in [0.25, 0.3) is 11.1 Å². The first kappa shape index (κ1) is 25.9. The number of esters is 1. The molecule has 0 aliphatic carbocycles. The van der Waals surface area contributed by atoms with Crippen molar-refractivity contribution >= 4 is 23.5 Å². The Morgan fingerprint density at radius 2 is 1.62 bits per heavy atom. The average Bonchev–Trinajstić information content (AvgIpc) is 3.18. The molecule has 9 heteroatoms. The number of nitrogens with one attached hydrogen (secondary N) is 1. The SMILES string of the molecule is COC(=O)[C@H](C(C)C)N1Cc2ccc(-c3ccc(NC(=O)c4ccccc4C(F)(F)F)cc3)cc2C1=O. The molecule has 192 valence electrons. The number of hydrogen-bond donors (Lipinski definition) is 1. The summed E-state index contributed by atoms with van der Waals surface area (Å²) in [5, 5.41) is 2.50. The molecule has 1 N–H and O–H groups in total. The van der Waals surface area contributed by atoms with Gasteiger partial charge in [0.1, 0.15) is 6.04 Å². The van der Waals surface area contributed by atoms with Crippen molar-refractivity contribution in [2.24, 2.45) is 5.92 Å². The summed E-state index contributed by atoms with van der Waals surface area (Å²) < 4.78 is 44.6. The number of methoxy groups -OCH3 is 1. The summed E-state index contributed by atoms with van der Waals surface area (Å²) in [6, 6.07) is 15.9. The van der Waals surface area contributed by atoms with Crippen LogP contribution in [0.4, 0.5) is 18.9 Å². The smallest absolute Gasteiger partial charge is 0.417 e. The van der Waals surface area contributed by atoms with Crippen molar-refractivity contribution < 1.29 is 32.3 Å². The van der Waals surface area contributed by atoms with Crippen molar-refractivity contribution in [3.05, 3.63) is 89.0 Å². The largest absolute Gasteiger partial charge is 0.467 e. The molecule has 1 aliphatic rings. The summed E-state index contributed by atoms with van der Waals surface area (Å²) in [7, 11) is 1.30. The molecule has 1 aliphatic heterocycles. The second kappa shape index (κ2) is 10.1. The summed E-state index contributed by atoms with van der Waals surface area (Å²) in [6.45, 7) is 4.01. The summed E-state index contributed by atoms with van der Waals surface area (Å²) >= 11 is 0. The lowest BCUT2D eigenvalue weighted by Crippen LogP contribution is -2.45. The molecule has 1 heterocycles. The van der Waals surface area contributed by atoms with Crippen LogP contribution < -0.4 is 5.32 Å². The van der Waals surface area contributed by atoms with E-state index in [1.807, 2.05) is 26.0 Å². The van der Waals surface area contributed by atoms with Gasteiger partial charge in [-0.15, -0.1) is 0 Å². The molecule has 2 amide bonds. The normalized spacial score (nSPS) is 13.9. The van der Waals surface area contributed by atoms with E-state index in [2.05, 4.69) is 5.32 Å². The van der Waals surface area contributed by atoms with Crippen LogP contribution in [0.3, 0.4) is 0 Å². The van der Waals surface area contributed by atoms with E-state index in [4.69, 9.17) is 4.74 Å². The fourth-order valence-corrected chi connectivity index (χ4v) is 4.48. The van der Waals surface area contributed by atoms with Crippen LogP contribution in [0.15, 0.2) is 66.7 Å². The standard InChI is InChI=1S/C28H25F3N2O4/c1-16(2)24(27(36)37-3)33-15-19-9-8-18(14-22(19)26(33)35)17-10-12-20(13-11-17)32-25(34)21-6-4-5-7-23(21)28(29,30)31/h4-14,16,24H,15H2,1-3H3,(H,32,34)/t24-/m0/s1. The number of benzene rings is 3. The van der Waals surface area contributed by atoms with Crippen LogP contribution in [0.1, 0.15) is 45.7 Å². The van der Waals surface area contributed by atoms with E-state index in [9.17, 15) is 27.6 Å². The second-order valence-corrected chi connectivity index (χ2v) is 9.09. The molecule has 0 spiro atoms. The molecule has 0 unspecified atom stereocenters. The number of alkyl halides is 3. The van der Waals surface area contributed by atoms with Gasteiger partial charge in [-0.2, -0.15) is 13.2 Å². The molecule has 0 saturated carbocycles. The Balaban J connectivity index is 1.53. The van der Waals surface area contributed by atoms with Crippen molar-refractivity contribution in [1.29, 1.82) is 0 Å². The molecule has 37 heavy (non-hydrogen) atoms. The number of halogens is 3. The van der Waals surface area contributed by atoms with Crippen molar-refractivity contribution in [1.82, 2.24) is 4.90 Å². The lowest BCUT2D eigenvalue weighted by atomic mass is 10.00. The molecule has 3 aromatic rings. The first-order valence-corrected chi connectivity index (χ1v) is 11.6. The highest BCUT2D eigenvalue weighted by Crippen LogP contribution is 2.33. The number of carbonyl (C=O) groups is 3. The maximum atomic E-state index is 13.2. The average molecular weight is 511 g/mol. The molecule has 1 atom stereocenters. The Bertz CT molecular complexity index is 1350. The highest BCUT2D eigenvalue weighted by molar-refractivity contribution is 6.05. The van der Waals surface area contributed by atoms with Gasteiger partial charge >= 0.3 is 12.1 Å². The van der Waals surface area contributed by atoms with Gasteiger partial charge in [0.15, 0.2) is 0 Å². The van der Waals surface area contributed by atoms with E-state index in [0.29, 0.717) is 17.8 Å². The van der Waals surface area contributed by atoms with Crippen molar-refractivity contribution in [2.45, 2.75) is 32.6 Å². The summed E-state index contributed by atoms with van der Waals surface area (Å²) in [5.74, 6) is -1.72. The molecule has 0 bridgehead atoms. The fraction of sp³-hybridized carbons (Fsp3) is 0.250. The fourth-order valence-electron chi connectivity index (χ4n) is 4.48. The molecule has 0 aromatic heterocycles. The number of ether oxygens (including phenoxy) is 1. The van der Waals surface area contributed by atoms with Crippen LogP contribution in [-0.4, -0.2) is 35.8 Å². The molecular weight excluding hydrogens is 485 g/mol. The van der Waals surface area contributed by atoms with Gasteiger partial charge in [0.25, 0.3) is 11.8 Å². The van der Waals surface area contributed by atoms with Crippen LogP contribution in [0.2, 0.25) is 0 Å². The van der Waals surface area contributed by atoms with Crippen LogP contribution in [0, 0.1) is 5.92 Å². The van der Waals surface area contributed by atoms with Crippen molar-refractivity contribution in [3.63, 3.8) is 0 Å². The lowest BCUT2D eigenvalue weighted by Gasteiger charge is -2.28. The number of rotatable bonds is 6. The molecular formula is C28H25F3N2O4. The molecule has 0 saturated heterocycles. The summed E-state index contributed by atoms with van der Waals surface area (Å²) in [6.07, 6.45) is -4.65. The number of anilines is 1. The molecule has 0 fully saturated rings. The van der Waals surface area contributed by atoms with Gasteiger partial charge in [0, 0.05) is 17.8 Å². The van der Waals surface area contributed by atoms with E-state index >= 15 is 0 Å². The Morgan fingerprint density at radius 1 is 0.973 bits per heavy atom. The zero-order valence-corrected chi connectivity index (χ0v) is 20.4. The van der Waals surface area contributed by atoms with Crippen molar-refractivity contribution in [2.75, 3.05) is 12.4 Å². The van der Waals surface area contributed by atoms with Crippen molar-refractivity contribution in [3.8, 4) is 11.1 Å². The van der Waals surface area contributed by atoms with Gasteiger partial charge in [-0.3, -0.25) is 9.59 Å². The topological polar surface area (TPSA) is 75.7 Å². The molecule has 4 rings (SSSR count). The van der Waals surface area contributed by atoms with Gasteiger partial charge in [-0.25, -0.2) is 4.79 Å². The Hall–Kier alpha value is -4.14. The first-order valence-electron chi connectivity index (χ1n) is 11.6. The van der Waals surface area contributed by atoms with Gasteiger partial charge < -0.3 is 15.0 Å². The van der Waals surface area contributed by atoms with E-state index < -0.39 is 35.2 Å². The zero-order valence-electron chi connectivity index (χ0n) is 20.4. The van der Waals surface area contributed by atoms with E-state index in [1.54, 1.807) is 30.3 Å². The Morgan fingerprint density at radius 3 is 2.24 bits per heavy atom. The Kier molecular flexibility index (Phi) is 7.07. The predicted octanol–water partition coefficient (Wildman–Crippen LogP) is 5.78. The maximum absolute atomic E-state index is 13.2. The predicted molar refractivity (Wildman–Crippen MR) is 132 cm³/mol. The highest BCUT2D eigenvalue weighted by atomic mass is 19.4. The third-order valence-corrected chi connectivity index (χ3v) is 6.30. The zero-order chi connectivity index (χ0) is 26.9. The molecule has 3 aromatic carbocycles. The minimum absolute atomic E-state index is 0.129. The first-order chi connectivity index (χ1) is 17.5. The van der Waals surface area contributed by atoms with E-state index in [0.717, 1.165) is 28.8 Å². The monoisotopic (exact) mass is 510 g/mol. The number of amides is 2. The van der Waals surface area contributed by atoms with Gasteiger partial charge in [0.2, 0.25) is 0 Å². The summed E-state index contributed by atoms with van der Waals surface area (Å²) in [5.41, 5.74) is 1.64. The van der Waals surface area contributed by atoms with Crippen LogP contribution >= 0.6 is 0 Å². The summed E-state index contributed by atoms with van der Waals surface area (Å²) in [4.78, 5) is 39.5. The molecule has 0 radical (unpaired) electrons. The Labute approximate surface area is 212 Å². The minimum Gasteiger partial charge on any atom is -0.467 e. The molecule has 6 nitrogen and oxygen atoms in total. The van der Waals surface area contributed by atoms with Crippen LogP contribution in [-0.2, 0) is 22.3 Å². The number of carbonyl (C=O) groups excluding carboxylic acids is 3. The second-order valence-electron chi connectivity index (χ2n) is 9.09. The van der Waals surface area contributed by atoms with Crippen LogP contribution in [0.5, 0.6) is 0 Å². The maximum Gasteiger partial charge on any atom is 0.417 e. The highest BCUT2D eigenvalue weighted by Gasteiger charge is 2.39. The van der Waals surface area contributed by atoms with Gasteiger partial charge in [-0.05, 0) is 52.9 Å². The van der Waals surface area contributed by atoms with E-state index in [1.165, 1.54) is 24.1 Å². The number of nitrogens with zero attached hydrogens (tertiary/aromatic N) is 1. The lowest BCUT2D eigenvalue weighted by molar-refractivity contribution is -0.147. The minimum atomic E-state index is -4.65. The van der Waals surface area contributed by atoms with Gasteiger partial charge in [-0.1, -0.05) is 50.2 Å². The number of hydrogen-bond acceptors (Lipinski definition) is 4. The van der Waals surface area contributed by atoms with Gasteiger partial charge in [0.05, 0.1) is 18.2 Å².